The van der Waals surface area contributed by atoms with Crippen LogP contribution < -0.4 is 0 Å². The van der Waals surface area contributed by atoms with E-state index in [0.717, 1.165) is 0 Å². The molecule has 1 N–H and O–H groups in total. The molecule has 0 bridgehead atoms. The van der Waals surface area contributed by atoms with Crippen molar-refractivity contribution in [3.63, 3.8) is 0 Å². The fraction of sp³-hybridized carbons (Fsp3) is 0.875. The van der Waals surface area contributed by atoms with Crippen LogP contribution in [0, 0.1) is 6.92 Å². The van der Waals surface area contributed by atoms with E-state index < -0.39 is 43.5 Å². The molecule has 0 aromatic carbocycles. The minimum absolute atomic E-state index is 0.939. The van der Waals surface area contributed by atoms with Gasteiger partial charge in [-0.25, -0.2) is 8.78 Å². The van der Waals surface area contributed by atoms with Crippen LogP contribution in [-0.4, -0.2) is 48.6 Å². The van der Waals surface area contributed by atoms with Crippen molar-refractivity contribution in [2.45, 2.75) is 30.3 Å². The Morgan fingerprint density at radius 1 is 1.06 bits per heavy atom. The molecule has 0 aliphatic carbocycles. The molecular weight excluding hydrogens is 280 g/mol. The van der Waals surface area contributed by atoms with Crippen molar-refractivity contribution in [1.82, 2.24) is 0 Å². The molecule has 0 aromatic rings. The van der Waals surface area contributed by atoms with Crippen LogP contribution in [0.1, 0.15) is 0 Å². The van der Waals surface area contributed by atoms with Gasteiger partial charge in [-0.15, -0.1) is 0 Å². The van der Waals surface area contributed by atoms with Crippen molar-refractivity contribution in [2.75, 3.05) is 13.2 Å². The first kappa shape index (κ1) is 17.4. The molecule has 18 heavy (non-hydrogen) atoms. The van der Waals surface area contributed by atoms with Gasteiger partial charge in [-0.05, 0) is 6.92 Å². The van der Waals surface area contributed by atoms with Crippen LogP contribution in [0.4, 0.5) is 35.1 Å². The first-order chi connectivity index (χ1) is 7.86. The zero-order chi connectivity index (χ0) is 14.8. The van der Waals surface area contributed by atoms with Gasteiger partial charge in [-0.1, -0.05) is 0 Å². The summed E-state index contributed by atoms with van der Waals surface area (Å²) < 4.78 is 102. The Balaban J connectivity index is 4.85. The Morgan fingerprint density at radius 2 is 1.50 bits per heavy atom. The van der Waals surface area contributed by atoms with E-state index in [4.69, 9.17) is 5.11 Å². The van der Waals surface area contributed by atoms with Crippen LogP contribution in [0.3, 0.4) is 0 Å². The summed E-state index contributed by atoms with van der Waals surface area (Å²) in [4.78, 5) is 0. The van der Waals surface area contributed by atoms with E-state index in [9.17, 15) is 35.1 Å². The van der Waals surface area contributed by atoms with Gasteiger partial charge < -0.3 is 9.84 Å². The fourth-order valence-corrected chi connectivity index (χ4v) is 0.795. The smallest absolute Gasteiger partial charge is 0.380 e. The lowest BCUT2D eigenvalue weighted by atomic mass is 10.1. The Kier molecular flexibility index (Phi) is 5.36. The van der Waals surface area contributed by atoms with Gasteiger partial charge in [0, 0.05) is 0 Å². The van der Waals surface area contributed by atoms with Gasteiger partial charge in [-0.3, -0.25) is 0 Å². The molecule has 0 spiro atoms. The van der Waals surface area contributed by atoms with E-state index >= 15 is 0 Å². The number of hydrogen-bond acceptors (Lipinski definition) is 2. The zero-order valence-electron chi connectivity index (χ0n) is 8.66. The second-order valence-corrected chi connectivity index (χ2v) is 3.37. The maximum Gasteiger partial charge on any atom is 0.380 e. The van der Waals surface area contributed by atoms with E-state index in [2.05, 4.69) is 11.7 Å². The van der Waals surface area contributed by atoms with Gasteiger partial charge in [0.25, 0.3) is 0 Å². The third-order valence-corrected chi connectivity index (χ3v) is 1.75. The minimum atomic E-state index is -6.29. The summed E-state index contributed by atoms with van der Waals surface area (Å²) in [6, 6.07) is 0. The molecule has 1 unspecified atom stereocenters. The van der Waals surface area contributed by atoms with Gasteiger partial charge in [0.1, 0.15) is 6.61 Å². The lowest BCUT2D eigenvalue weighted by molar-refractivity contribution is -0.346. The van der Waals surface area contributed by atoms with Crippen molar-refractivity contribution in [1.29, 1.82) is 0 Å². The first-order valence-electron chi connectivity index (χ1n) is 4.36. The van der Waals surface area contributed by atoms with Crippen LogP contribution in [0.2, 0.25) is 0 Å². The number of aliphatic hydroxyl groups excluding tert-OH is 1. The maximum atomic E-state index is 12.7. The van der Waals surface area contributed by atoms with Gasteiger partial charge in [0.05, 0.1) is 12.7 Å². The molecule has 0 saturated carbocycles. The second kappa shape index (κ2) is 5.55. The molecule has 10 heteroatoms. The third kappa shape index (κ3) is 3.44. The molecule has 0 saturated heterocycles. The number of aliphatic hydroxyl groups is 1. The van der Waals surface area contributed by atoms with Crippen LogP contribution in [0.15, 0.2) is 0 Å². The molecule has 0 aliphatic heterocycles. The minimum Gasteiger partial charge on any atom is -0.391 e. The summed E-state index contributed by atoms with van der Waals surface area (Å²) in [5.74, 6) is -18.0. The van der Waals surface area contributed by atoms with E-state index in [1.807, 2.05) is 0 Å². The monoisotopic (exact) mass is 289 g/mol. The summed E-state index contributed by atoms with van der Waals surface area (Å²) in [6.45, 7) is -0.366. The Bertz CT molecular complexity index is 266. The summed E-state index contributed by atoms with van der Waals surface area (Å²) >= 11 is 0. The van der Waals surface area contributed by atoms with E-state index in [1.54, 1.807) is 0 Å². The molecule has 0 aliphatic rings. The quantitative estimate of drug-likeness (QED) is 0.729. The number of alkyl halides is 8. The summed E-state index contributed by atoms with van der Waals surface area (Å²) in [7, 11) is 0. The average Bonchev–Trinajstić information content (AvgIpc) is 2.15. The second-order valence-electron chi connectivity index (χ2n) is 3.37. The molecule has 1 radical (unpaired) electrons. The SMILES string of the molecule is [CH2]C(O)COCC(F)(F)C(F)(F)C(F)(F)C(F)F. The molecular formula is C8H9F8O2. The first-order valence-corrected chi connectivity index (χ1v) is 4.36. The highest BCUT2D eigenvalue weighted by atomic mass is 19.4. The lowest BCUT2D eigenvalue weighted by Gasteiger charge is -2.32. The topological polar surface area (TPSA) is 29.5 Å². The molecule has 0 aromatic heterocycles. The van der Waals surface area contributed by atoms with E-state index in [-0.39, 0.29) is 0 Å². The normalized spacial score (nSPS) is 16.2. The predicted octanol–water partition coefficient (Wildman–Crippen LogP) is 2.37. The Labute approximate surface area is 96.5 Å². The number of rotatable bonds is 7. The Hall–Kier alpha value is -0.640. The van der Waals surface area contributed by atoms with Crippen LogP contribution in [-0.2, 0) is 4.74 Å². The summed E-state index contributed by atoms with van der Waals surface area (Å²) in [6.07, 6.45) is -6.51. The molecule has 0 amide bonds. The highest BCUT2D eigenvalue weighted by Crippen LogP contribution is 2.48. The third-order valence-electron chi connectivity index (χ3n) is 1.75. The van der Waals surface area contributed by atoms with Crippen molar-refractivity contribution >= 4 is 0 Å². The van der Waals surface area contributed by atoms with Gasteiger partial charge in [0.2, 0.25) is 0 Å². The number of hydrogen-bond donors (Lipinski definition) is 1. The fourth-order valence-electron chi connectivity index (χ4n) is 0.795. The van der Waals surface area contributed by atoms with Crippen molar-refractivity contribution in [2.24, 2.45) is 0 Å². The van der Waals surface area contributed by atoms with Gasteiger partial charge in [0.15, 0.2) is 0 Å². The van der Waals surface area contributed by atoms with E-state index in [1.165, 1.54) is 0 Å². The zero-order valence-corrected chi connectivity index (χ0v) is 8.66. The maximum absolute atomic E-state index is 12.7. The van der Waals surface area contributed by atoms with E-state index in [0.29, 0.717) is 0 Å². The molecule has 0 heterocycles. The van der Waals surface area contributed by atoms with Crippen LogP contribution in [0.5, 0.6) is 0 Å². The highest BCUT2D eigenvalue weighted by Gasteiger charge is 2.75. The molecule has 0 fully saturated rings. The molecule has 2 nitrogen and oxygen atoms in total. The molecule has 0 rings (SSSR count). The van der Waals surface area contributed by atoms with Gasteiger partial charge in [-0.2, -0.15) is 26.3 Å². The van der Waals surface area contributed by atoms with Crippen LogP contribution in [0.25, 0.3) is 0 Å². The summed E-state index contributed by atoms with van der Waals surface area (Å²) in [5, 5.41) is 8.46. The number of ether oxygens (including phenoxy) is 1. The highest BCUT2D eigenvalue weighted by molar-refractivity contribution is 4.97. The molecule has 109 valence electrons. The summed E-state index contributed by atoms with van der Waals surface area (Å²) in [5.41, 5.74) is 0. The predicted molar refractivity (Wildman–Crippen MR) is 43.0 cm³/mol. The van der Waals surface area contributed by atoms with Gasteiger partial charge >= 0.3 is 24.2 Å². The average molecular weight is 289 g/mol. The Morgan fingerprint density at radius 3 is 1.83 bits per heavy atom. The standard InChI is InChI=1S/C8H9F8O2/c1-4(17)2-18-3-6(11,12)8(15,16)7(13,14)5(9)10/h4-5,17H,1-3H2. The van der Waals surface area contributed by atoms with Crippen molar-refractivity contribution < 1.29 is 45.0 Å². The lowest BCUT2D eigenvalue weighted by Crippen LogP contribution is -2.59. The largest absolute Gasteiger partial charge is 0.391 e. The van der Waals surface area contributed by atoms with Crippen LogP contribution >= 0.6 is 0 Å². The molecule has 1 atom stereocenters. The van der Waals surface area contributed by atoms with Crippen molar-refractivity contribution in [3.05, 3.63) is 6.92 Å². The number of halogens is 8. The van der Waals surface area contributed by atoms with Crippen molar-refractivity contribution in [3.8, 4) is 0 Å².